The van der Waals surface area contributed by atoms with Gasteiger partial charge in [-0.1, -0.05) is 0 Å². The lowest BCUT2D eigenvalue weighted by molar-refractivity contribution is 0.625. The van der Waals surface area contributed by atoms with Gasteiger partial charge in [0.1, 0.15) is 0 Å². The molecule has 3 N–H and O–H groups in total. The third kappa shape index (κ3) is 1.79. The molecule has 0 fully saturated rings. The lowest BCUT2D eigenvalue weighted by Gasteiger charge is -2.01. The summed E-state index contributed by atoms with van der Waals surface area (Å²) in [5.74, 6) is 4.59. The Labute approximate surface area is 85.7 Å². The Hall–Kier alpha value is -1.95. The molecule has 0 atom stereocenters. The average molecular weight is 207 g/mol. The van der Waals surface area contributed by atoms with E-state index in [9.17, 15) is 4.39 Å². The molecule has 0 bridgehead atoms. The molecule has 0 aliphatic carbocycles. The second-order valence-electron chi connectivity index (χ2n) is 3.12. The Balaban J connectivity index is 2.42. The number of nitrogens with one attached hydrogen (secondary N) is 1. The van der Waals surface area contributed by atoms with Crippen molar-refractivity contribution in [3.8, 4) is 11.3 Å². The van der Waals surface area contributed by atoms with E-state index < -0.39 is 5.82 Å². The number of nitrogens with zero attached hydrogens (tertiary/aromatic N) is 3. The van der Waals surface area contributed by atoms with Gasteiger partial charge in [-0.25, -0.2) is 20.2 Å². The van der Waals surface area contributed by atoms with Crippen LogP contribution in [0.4, 0.5) is 10.2 Å². The highest BCUT2D eigenvalue weighted by Crippen LogP contribution is 2.19. The number of hydrogen-bond acceptors (Lipinski definition) is 4. The van der Waals surface area contributed by atoms with Crippen LogP contribution in [0.3, 0.4) is 0 Å². The molecule has 0 radical (unpaired) electrons. The van der Waals surface area contributed by atoms with Crippen LogP contribution >= 0.6 is 0 Å². The van der Waals surface area contributed by atoms with E-state index in [4.69, 9.17) is 5.84 Å². The Morgan fingerprint density at radius 2 is 2.27 bits per heavy atom. The first-order valence-electron chi connectivity index (χ1n) is 4.31. The van der Waals surface area contributed by atoms with E-state index in [2.05, 4.69) is 15.4 Å². The van der Waals surface area contributed by atoms with Gasteiger partial charge in [0.2, 0.25) is 0 Å². The number of hydrogen-bond donors (Lipinski definition) is 2. The number of rotatable bonds is 2. The first-order valence-corrected chi connectivity index (χ1v) is 4.31. The molecule has 2 heterocycles. The maximum atomic E-state index is 13.3. The molecular formula is C9H10FN5. The maximum absolute atomic E-state index is 13.3. The average Bonchev–Trinajstić information content (AvgIpc) is 2.65. The van der Waals surface area contributed by atoms with Gasteiger partial charge >= 0.3 is 0 Å². The van der Waals surface area contributed by atoms with Gasteiger partial charge < -0.3 is 9.99 Å². The summed E-state index contributed by atoms with van der Waals surface area (Å²) < 4.78 is 15.1. The molecule has 15 heavy (non-hydrogen) atoms. The van der Waals surface area contributed by atoms with Crippen LogP contribution in [-0.4, -0.2) is 14.5 Å². The molecule has 5 nitrogen and oxygen atoms in total. The minimum absolute atomic E-state index is 0.0229. The van der Waals surface area contributed by atoms with Gasteiger partial charge in [0.15, 0.2) is 11.6 Å². The Morgan fingerprint density at radius 1 is 1.47 bits per heavy atom. The molecule has 6 heteroatoms. The zero-order valence-corrected chi connectivity index (χ0v) is 8.11. The van der Waals surface area contributed by atoms with Crippen molar-refractivity contribution in [3.05, 3.63) is 30.6 Å². The van der Waals surface area contributed by atoms with Crippen molar-refractivity contribution in [3.63, 3.8) is 0 Å². The molecule has 0 aliphatic rings. The summed E-state index contributed by atoms with van der Waals surface area (Å²) in [6.07, 6.45) is 4.94. The van der Waals surface area contributed by atoms with Crippen LogP contribution in [0.5, 0.6) is 0 Å². The summed E-state index contributed by atoms with van der Waals surface area (Å²) >= 11 is 0. The summed E-state index contributed by atoms with van der Waals surface area (Å²) in [4.78, 5) is 7.91. The number of nitrogens with two attached hydrogens (primary N) is 1. The van der Waals surface area contributed by atoms with Gasteiger partial charge in [-0.15, -0.1) is 0 Å². The van der Waals surface area contributed by atoms with Crippen molar-refractivity contribution in [2.75, 3.05) is 5.43 Å². The van der Waals surface area contributed by atoms with Crippen molar-refractivity contribution >= 4 is 5.82 Å². The molecule has 2 aromatic heterocycles. The molecule has 0 amide bonds. The number of halogens is 1. The lowest BCUT2D eigenvalue weighted by Crippen LogP contribution is -2.10. The van der Waals surface area contributed by atoms with E-state index in [-0.39, 0.29) is 5.82 Å². The largest absolute Gasteiger partial charge is 0.340 e. The van der Waals surface area contributed by atoms with Gasteiger partial charge in [0, 0.05) is 25.0 Å². The van der Waals surface area contributed by atoms with Crippen LogP contribution < -0.4 is 11.3 Å². The van der Waals surface area contributed by atoms with Gasteiger partial charge in [-0.3, -0.25) is 0 Å². The SMILES string of the molecule is Cn1cnc(-c2cnc(NN)c(F)c2)c1. The molecule has 0 spiro atoms. The van der Waals surface area contributed by atoms with Crippen molar-refractivity contribution < 1.29 is 4.39 Å². The van der Waals surface area contributed by atoms with E-state index in [1.807, 2.05) is 7.05 Å². The van der Waals surface area contributed by atoms with Crippen molar-refractivity contribution in [2.45, 2.75) is 0 Å². The molecule has 2 aromatic rings. The van der Waals surface area contributed by atoms with Crippen molar-refractivity contribution in [1.29, 1.82) is 0 Å². The summed E-state index contributed by atoms with van der Waals surface area (Å²) in [5.41, 5.74) is 3.46. The van der Waals surface area contributed by atoms with Gasteiger partial charge in [-0.05, 0) is 6.07 Å². The van der Waals surface area contributed by atoms with Crippen LogP contribution in [0.1, 0.15) is 0 Å². The van der Waals surface area contributed by atoms with Gasteiger partial charge in [0.25, 0.3) is 0 Å². The number of nitrogen functional groups attached to an aromatic ring is 1. The molecule has 0 saturated carbocycles. The van der Waals surface area contributed by atoms with Gasteiger partial charge in [-0.2, -0.15) is 0 Å². The van der Waals surface area contributed by atoms with Crippen molar-refractivity contribution in [1.82, 2.24) is 14.5 Å². The van der Waals surface area contributed by atoms with E-state index in [1.165, 1.54) is 12.3 Å². The Bertz CT molecular complexity index is 479. The predicted octanol–water partition coefficient (Wildman–Crippen LogP) is 0.907. The molecular weight excluding hydrogens is 197 g/mol. The monoisotopic (exact) mass is 207 g/mol. The Morgan fingerprint density at radius 3 is 2.80 bits per heavy atom. The van der Waals surface area contributed by atoms with Gasteiger partial charge in [0.05, 0.1) is 12.0 Å². The number of anilines is 1. The lowest BCUT2D eigenvalue weighted by atomic mass is 10.2. The molecule has 0 unspecified atom stereocenters. The molecule has 78 valence electrons. The first-order chi connectivity index (χ1) is 7.20. The second-order valence-corrected chi connectivity index (χ2v) is 3.12. The second kappa shape index (κ2) is 3.66. The number of hydrazine groups is 1. The zero-order chi connectivity index (χ0) is 10.8. The van der Waals surface area contributed by atoms with Crippen LogP contribution in [0.15, 0.2) is 24.8 Å². The molecule has 2 rings (SSSR count). The van der Waals surface area contributed by atoms with Crippen LogP contribution in [-0.2, 0) is 7.05 Å². The third-order valence-electron chi connectivity index (χ3n) is 1.98. The molecule has 0 aromatic carbocycles. The van der Waals surface area contributed by atoms with Crippen molar-refractivity contribution in [2.24, 2.45) is 12.9 Å². The van der Waals surface area contributed by atoms with Crippen LogP contribution in [0, 0.1) is 5.82 Å². The van der Waals surface area contributed by atoms with E-state index >= 15 is 0 Å². The van der Waals surface area contributed by atoms with E-state index in [0.29, 0.717) is 11.3 Å². The van der Waals surface area contributed by atoms with E-state index in [1.54, 1.807) is 17.1 Å². The standard InChI is InChI=1S/C9H10FN5/c1-15-4-8(13-5-15)6-2-7(10)9(14-11)12-3-6/h2-5H,11H2,1H3,(H,12,14). The summed E-state index contributed by atoms with van der Waals surface area (Å²) in [6.45, 7) is 0. The highest BCUT2D eigenvalue weighted by Gasteiger charge is 2.06. The highest BCUT2D eigenvalue weighted by atomic mass is 19.1. The Kier molecular flexibility index (Phi) is 2.34. The minimum atomic E-state index is -0.499. The maximum Gasteiger partial charge on any atom is 0.176 e. The number of aromatic nitrogens is 3. The summed E-state index contributed by atoms with van der Waals surface area (Å²) in [5, 5.41) is 0. The van der Waals surface area contributed by atoms with E-state index in [0.717, 1.165) is 0 Å². The smallest absolute Gasteiger partial charge is 0.176 e. The van der Waals surface area contributed by atoms with Crippen LogP contribution in [0.25, 0.3) is 11.3 Å². The fraction of sp³-hybridized carbons (Fsp3) is 0.111. The van der Waals surface area contributed by atoms with Crippen LogP contribution in [0.2, 0.25) is 0 Å². The topological polar surface area (TPSA) is 68.8 Å². The summed E-state index contributed by atoms with van der Waals surface area (Å²) in [6, 6.07) is 1.34. The predicted molar refractivity (Wildman–Crippen MR) is 54.2 cm³/mol. The summed E-state index contributed by atoms with van der Waals surface area (Å²) in [7, 11) is 1.84. The minimum Gasteiger partial charge on any atom is -0.340 e. The fourth-order valence-electron chi connectivity index (χ4n) is 1.25. The number of pyridine rings is 1. The first kappa shape index (κ1) is 9.60. The third-order valence-corrected chi connectivity index (χ3v) is 1.98. The molecule has 0 saturated heterocycles. The molecule has 0 aliphatic heterocycles. The number of imidazole rings is 1. The fourth-order valence-corrected chi connectivity index (χ4v) is 1.25. The normalized spacial score (nSPS) is 10.3. The quantitative estimate of drug-likeness (QED) is 0.567. The zero-order valence-electron chi connectivity index (χ0n) is 8.11. The highest BCUT2D eigenvalue weighted by molar-refractivity contribution is 5.59. The number of aryl methyl sites for hydroxylation is 1.